The quantitative estimate of drug-likeness (QED) is 0.135. The lowest BCUT2D eigenvalue weighted by molar-refractivity contribution is -0.154. The topological polar surface area (TPSA) is 197 Å². The molecule has 0 spiro atoms. The number of hydrogen-bond acceptors (Lipinski definition) is 11. The number of benzene rings is 2. The second-order valence-electron chi connectivity index (χ2n) is 11.5. The maximum absolute atomic E-state index is 12.9. The molecule has 50 heavy (non-hydrogen) atoms. The molecule has 2 aromatic carbocycles. The molecule has 20 heteroatoms. The maximum atomic E-state index is 12.9. The van der Waals surface area contributed by atoms with Crippen molar-refractivity contribution in [3.8, 4) is 6.01 Å². The molecule has 0 saturated heterocycles. The van der Waals surface area contributed by atoms with Gasteiger partial charge in [0.15, 0.2) is 6.61 Å². The van der Waals surface area contributed by atoms with Gasteiger partial charge in [0, 0.05) is 43.3 Å². The van der Waals surface area contributed by atoms with Crippen molar-refractivity contribution in [2.24, 2.45) is 0 Å². The van der Waals surface area contributed by atoms with Gasteiger partial charge in [0.2, 0.25) is 17.8 Å². The second kappa shape index (κ2) is 15.9. The predicted molar refractivity (Wildman–Crippen MR) is 177 cm³/mol. The van der Waals surface area contributed by atoms with Gasteiger partial charge >= 0.3 is 22.4 Å². The van der Waals surface area contributed by atoms with Crippen molar-refractivity contribution in [2.75, 3.05) is 37.9 Å². The van der Waals surface area contributed by atoms with Crippen molar-refractivity contribution in [2.45, 2.75) is 50.4 Å². The van der Waals surface area contributed by atoms with Crippen LogP contribution in [0.15, 0.2) is 48.5 Å². The smallest absolute Gasteiger partial charge is 0.422 e. The minimum absolute atomic E-state index is 0.00759. The molecule has 0 radical (unpaired) electrons. The average Bonchev–Trinajstić information content (AvgIpc) is 3.82. The van der Waals surface area contributed by atoms with E-state index in [0.717, 1.165) is 22.7 Å². The van der Waals surface area contributed by atoms with Gasteiger partial charge in [-0.15, -0.1) is 0 Å². The fourth-order valence-electron chi connectivity index (χ4n) is 4.35. The fraction of sp³-hybridized carbons (Fsp3) is 0.400. The number of anilines is 3. The van der Waals surface area contributed by atoms with Crippen molar-refractivity contribution in [1.82, 2.24) is 34.6 Å². The summed E-state index contributed by atoms with van der Waals surface area (Å²) in [4.78, 5) is 49.2. The third-order valence-corrected chi connectivity index (χ3v) is 8.90. The van der Waals surface area contributed by atoms with E-state index in [1.807, 2.05) is 16.9 Å². The molecule has 3 aromatic rings. The molecule has 1 aromatic heterocycles. The van der Waals surface area contributed by atoms with Crippen LogP contribution < -0.4 is 30.7 Å². The highest BCUT2D eigenvalue weighted by Crippen LogP contribution is 2.48. The van der Waals surface area contributed by atoms with Crippen LogP contribution in [0.1, 0.15) is 48.5 Å². The minimum Gasteiger partial charge on any atom is -0.454 e. The monoisotopic (exact) mass is 741 g/mol. The molecule has 3 amide bonds. The molecular formula is C30H35ClF3N9O6S. The number of alkyl halides is 3. The zero-order valence-electron chi connectivity index (χ0n) is 27.1. The second-order valence-corrected chi connectivity index (χ2v) is 13.8. The number of ether oxygens (including phenoxy) is 1. The lowest BCUT2D eigenvalue weighted by Crippen LogP contribution is -2.49. The highest BCUT2D eigenvalue weighted by Gasteiger charge is 2.45. The summed E-state index contributed by atoms with van der Waals surface area (Å²) in [5.41, 5.74) is 1.06. The molecule has 1 aliphatic rings. The summed E-state index contributed by atoms with van der Waals surface area (Å²) in [5.74, 6) is -1.97. The standard InChI is InChI=1S/C30H35ClF3N9O6S/c1-18(24(45)42-50(47,48)43(2)3)36-23(44)5-4-16-35-25(46)19-6-12-22(13-7-19)37-26-38-27(40-28(39-26)49-17-30(32,33)34)41-29(14-15-29)20-8-10-21(31)11-9-20/h6-13,18H,4-5,14-17H2,1-3H3,(H,35,46)(H,36,44)(H,42,45)(H2,37,38,39,40,41)/t18-/m0/s1. The van der Waals surface area contributed by atoms with E-state index < -0.39 is 58.3 Å². The van der Waals surface area contributed by atoms with E-state index in [2.05, 4.69) is 36.2 Å². The van der Waals surface area contributed by atoms with Crippen LogP contribution >= 0.6 is 11.6 Å². The number of hydrogen-bond donors (Lipinski definition) is 5. The summed E-state index contributed by atoms with van der Waals surface area (Å²) in [6, 6.07) is 11.6. The van der Waals surface area contributed by atoms with Crippen molar-refractivity contribution in [3.63, 3.8) is 0 Å². The molecule has 5 N–H and O–H groups in total. The molecule has 1 heterocycles. The van der Waals surface area contributed by atoms with E-state index in [1.54, 1.807) is 12.1 Å². The van der Waals surface area contributed by atoms with Crippen molar-refractivity contribution < 1.29 is 40.7 Å². The number of carbonyl (C=O) groups excluding carboxylic acids is 3. The van der Waals surface area contributed by atoms with E-state index in [9.17, 15) is 36.0 Å². The van der Waals surface area contributed by atoms with Crippen LogP contribution in [0.2, 0.25) is 5.02 Å². The Morgan fingerprint density at radius 3 is 2.24 bits per heavy atom. The molecular weight excluding hydrogens is 707 g/mol. The van der Waals surface area contributed by atoms with Gasteiger partial charge in [-0.05, 0) is 68.1 Å². The Kier molecular flexibility index (Phi) is 12.1. The van der Waals surface area contributed by atoms with Crippen molar-refractivity contribution in [3.05, 3.63) is 64.7 Å². The van der Waals surface area contributed by atoms with E-state index in [-0.39, 0.29) is 36.8 Å². The van der Waals surface area contributed by atoms with Gasteiger partial charge in [-0.3, -0.25) is 14.4 Å². The first-order valence-corrected chi connectivity index (χ1v) is 17.0. The van der Waals surface area contributed by atoms with Gasteiger partial charge in [0.05, 0.1) is 5.54 Å². The Hall–Kier alpha value is -4.75. The summed E-state index contributed by atoms with van der Waals surface area (Å²) >= 11 is 6.01. The number of halogens is 4. The van der Waals surface area contributed by atoms with Gasteiger partial charge in [0.25, 0.3) is 11.8 Å². The Morgan fingerprint density at radius 2 is 1.64 bits per heavy atom. The maximum Gasteiger partial charge on any atom is 0.422 e. The SMILES string of the molecule is C[C@H](NC(=O)CCCNC(=O)c1ccc(Nc2nc(NC3(c4ccc(Cl)cc4)CC3)nc(OCC(F)(F)F)n2)cc1)C(=O)NS(=O)(=O)N(C)C. The Morgan fingerprint density at radius 1 is 1.00 bits per heavy atom. The summed E-state index contributed by atoms with van der Waals surface area (Å²) in [6.45, 7) is -0.144. The van der Waals surface area contributed by atoms with Crippen LogP contribution in [-0.4, -0.2) is 84.9 Å². The first-order chi connectivity index (χ1) is 23.4. The predicted octanol–water partition coefficient (Wildman–Crippen LogP) is 3.25. The number of nitrogens with zero attached hydrogens (tertiary/aromatic N) is 4. The van der Waals surface area contributed by atoms with Crippen LogP contribution in [0.4, 0.5) is 30.8 Å². The van der Waals surface area contributed by atoms with E-state index >= 15 is 0 Å². The molecule has 0 unspecified atom stereocenters. The first kappa shape index (κ1) is 38.1. The van der Waals surface area contributed by atoms with Gasteiger partial charge in [0.1, 0.15) is 6.04 Å². The zero-order valence-corrected chi connectivity index (χ0v) is 28.7. The third kappa shape index (κ3) is 11.1. The average molecular weight is 742 g/mol. The Balaban J connectivity index is 1.31. The molecule has 270 valence electrons. The summed E-state index contributed by atoms with van der Waals surface area (Å²) in [7, 11) is -1.51. The highest BCUT2D eigenvalue weighted by atomic mass is 35.5. The largest absolute Gasteiger partial charge is 0.454 e. The minimum atomic E-state index is -4.62. The Labute approximate surface area is 290 Å². The number of carbonyl (C=O) groups is 3. The zero-order chi connectivity index (χ0) is 36.7. The van der Waals surface area contributed by atoms with E-state index in [1.165, 1.54) is 45.3 Å². The number of amides is 3. The lowest BCUT2D eigenvalue weighted by Gasteiger charge is -2.19. The molecule has 4 rings (SSSR count). The number of rotatable bonds is 16. The normalized spacial score (nSPS) is 14.3. The molecule has 15 nitrogen and oxygen atoms in total. The molecule has 1 saturated carbocycles. The molecule has 1 atom stereocenters. The van der Waals surface area contributed by atoms with Crippen molar-refractivity contribution in [1.29, 1.82) is 0 Å². The van der Waals surface area contributed by atoms with Crippen LogP contribution in [0.5, 0.6) is 6.01 Å². The van der Waals surface area contributed by atoms with Crippen LogP contribution in [0, 0.1) is 0 Å². The molecule has 0 bridgehead atoms. The van der Waals surface area contributed by atoms with Crippen LogP contribution in [0.25, 0.3) is 0 Å². The molecule has 1 fully saturated rings. The van der Waals surface area contributed by atoms with Gasteiger partial charge < -0.3 is 26.0 Å². The molecule has 0 aliphatic heterocycles. The van der Waals surface area contributed by atoms with Gasteiger partial charge in [-0.1, -0.05) is 23.7 Å². The summed E-state index contributed by atoms with van der Waals surface area (Å²) < 4.78 is 69.7. The summed E-state index contributed by atoms with van der Waals surface area (Å²) in [6.07, 6.45) is -2.98. The van der Waals surface area contributed by atoms with Crippen LogP contribution in [-0.2, 0) is 25.3 Å². The van der Waals surface area contributed by atoms with E-state index in [0.29, 0.717) is 10.7 Å². The van der Waals surface area contributed by atoms with Gasteiger partial charge in [-0.2, -0.15) is 40.8 Å². The first-order valence-electron chi connectivity index (χ1n) is 15.1. The van der Waals surface area contributed by atoms with Crippen molar-refractivity contribution >= 4 is 57.1 Å². The highest BCUT2D eigenvalue weighted by molar-refractivity contribution is 7.87. The lowest BCUT2D eigenvalue weighted by atomic mass is 10.1. The van der Waals surface area contributed by atoms with Crippen LogP contribution in [0.3, 0.4) is 0 Å². The third-order valence-electron chi connectivity index (χ3n) is 7.23. The van der Waals surface area contributed by atoms with E-state index in [4.69, 9.17) is 16.3 Å². The van der Waals surface area contributed by atoms with Gasteiger partial charge in [-0.25, -0.2) is 4.72 Å². The summed E-state index contributed by atoms with van der Waals surface area (Å²) in [5, 5.41) is 11.7. The Bertz CT molecular complexity index is 1790. The molecule has 1 aliphatic carbocycles. The fourth-order valence-corrected chi connectivity index (χ4v) is 5.09. The number of aromatic nitrogens is 3. The number of nitrogens with one attached hydrogen (secondary N) is 5.